The van der Waals surface area contributed by atoms with Gasteiger partial charge in [0.2, 0.25) is 11.8 Å². The number of fused-ring (bicyclic) bond motifs is 4. The zero-order valence-corrected chi connectivity index (χ0v) is 33.9. The van der Waals surface area contributed by atoms with Gasteiger partial charge in [0.1, 0.15) is 29.9 Å². The Balaban J connectivity index is 1.22. The summed E-state index contributed by atoms with van der Waals surface area (Å²) in [6, 6.07) is 37.3. The van der Waals surface area contributed by atoms with Gasteiger partial charge in [0, 0.05) is 11.3 Å². The van der Waals surface area contributed by atoms with Crippen LogP contribution in [0.1, 0.15) is 71.7 Å². The number of ether oxygens (including phenoxy) is 2. The minimum atomic E-state index is -1.69. The van der Waals surface area contributed by atoms with Crippen molar-refractivity contribution in [2.45, 2.75) is 55.3 Å². The number of nitrogens with zero attached hydrogens (tertiary/aromatic N) is 2. The number of esters is 1. The summed E-state index contributed by atoms with van der Waals surface area (Å²) in [6.45, 7) is -0.0539. The fraction of sp³-hybridized carbons (Fsp3) is 0.240. The lowest BCUT2D eigenvalue weighted by Crippen LogP contribution is -2.53. The van der Waals surface area contributed by atoms with Crippen molar-refractivity contribution in [3.05, 3.63) is 167 Å². The van der Waals surface area contributed by atoms with E-state index in [-0.39, 0.29) is 13.2 Å². The number of cyclic esters (lactones) is 1. The van der Waals surface area contributed by atoms with Gasteiger partial charge in [-0.3, -0.25) is 19.3 Å². The van der Waals surface area contributed by atoms with Crippen molar-refractivity contribution in [2.75, 3.05) is 23.8 Å². The Labute approximate surface area is 357 Å². The van der Waals surface area contributed by atoms with E-state index >= 15 is 14.4 Å². The average molecular weight is 827 g/mol. The lowest BCUT2D eigenvalue weighted by Gasteiger charge is -2.46. The third-order valence-corrected chi connectivity index (χ3v) is 13.3. The highest BCUT2D eigenvalue weighted by molar-refractivity contribution is 7.22. The third-order valence-electron chi connectivity index (χ3n) is 12.3. The highest BCUT2D eigenvalue weighted by Gasteiger charge is 2.74. The Bertz CT molecular complexity index is 2710. The molecule has 6 atom stereocenters. The first kappa shape index (κ1) is 38.6. The van der Waals surface area contributed by atoms with Gasteiger partial charge in [0.25, 0.3) is 0 Å². The van der Waals surface area contributed by atoms with E-state index in [2.05, 4.69) is 33.5 Å². The van der Waals surface area contributed by atoms with Crippen LogP contribution in [0.15, 0.2) is 139 Å². The number of hydrogen-bond donors (Lipinski definition) is 3. The van der Waals surface area contributed by atoms with Crippen molar-refractivity contribution in [1.29, 1.82) is 0 Å². The van der Waals surface area contributed by atoms with Gasteiger partial charge in [0.15, 0.2) is 5.13 Å². The molecule has 4 heterocycles. The van der Waals surface area contributed by atoms with Crippen molar-refractivity contribution in [2.24, 2.45) is 5.92 Å². The highest BCUT2D eigenvalue weighted by atomic mass is 32.1. The van der Waals surface area contributed by atoms with E-state index < -0.39 is 53.3 Å². The first-order chi connectivity index (χ1) is 29.9. The van der Waals surface area contributed by atoms with Gasteiger partial charge in [0.05, 0.1) is 34.8 Å². The Hall–Kier alpha value is -6.58. The van der Waals surface area contributed by atoms with E-state index in [9.17, 15) is 5.11 Å². The first-order valence-corrected chi connectivity index (χ1v) is 21.5. The highest BCUT2D eigenvalue weighted by Crippen LogP contribution is 2.65. The Morgan fingerprint density at radius 3 is 2.38 bits per heavy atom. The first-order valence-electron chi connectivity index (χ1n) is 20.7. The fourth-order valence-corrected chi connectivity index (χ4v) is 10.7. The van der Waals surface area contributed by atoms with E-state index in [1.165, 1.54) is 11.3 Å². The normalized spacial score (nSPS) is 24.2. The SMILES string of the molecule is O=C1OC(c2ccccc2)C(c2ccccc2)N2C1C(C(=O)Nc1nc3ccccc3s1)C1(C(=O)Nc3ccc(C#CC4=CCCCC4)cc31)C2c1ccc(OCCO)cc1. The molecule has 1 aromatic heterocycles. The van der Waals surface area contributed by atoms with E-state index in [1.807, 2.05) is 115 Å². The van der Waals surface area contributed by atoms with E-state index in [1.54, 1.807) is 12.1 Å². The van der Waals surface area contributed by atoms with Crippen molar-refractivity contribution in [1.82, 2.24) is 9.88 Å². The second kappa shape index (κ2) is 16.1. The number of benzene rings is 5. The molecular weight excluding hydrogens is 785 g/mol. The second-order valence-electron chi connectivity index (χ2n) is 15.8. The molecule has 1 spiro atoms. The van der Waals surface area contributed by atoms with Crippen molar-refractivity contribution in [3.8, 4) is 17.6 Å². The largest absolute Gasteiger partial charge is 0.491 e. The number of morpholine rings is 1. The number of carbonyl (C=O) groups is 3. The predicted octanol–water partition coefficient (Wildman–Crippen LogP) is 8.43. The zero-order valence-electron chi connectivity index (χ0n) is 33.1. The van der Waals surface area contributed by atoms with Crippen LogP contribution in [0.4, 0.5) is 10.8 Å². The van der Waals surface area contributed by atoms with Crippen LogP contribution in [0.5, 0.6) is 5.75 Å². The number of thiazole rings is 1. The molecule has 11 heteroatoms. The van der Waals surface area contributed by atoms with Gasteiger partial charge in [-0.2, -0.15) is 0 Å². The lowest BCUT2D eigenvalue weighted by molar-refractivity contribution is -0.177. The number of carbonyl (C=O) groups excluding carboxylic acids is 3. The molecule has 304 valence electrons. The van der Waals surface area contributed by atoms with Crippen LogP contribution < -0.4 is 15.4 Å². The molecule has 10 rings (SSSR count). The summed E-state index contributed by atoms with van der Waals surface area (Å²) >= 11 is 1.33. The van der Waals surface area contributed by atoms with Crippen LogP contribution in [-0.2, 0) is 24.5 Å². The maximum absolute atomic E-state index is 15.5. The van der Waals surface area contributed by atoms with Crippen LogP contribution in [0.25, 0.3) is 10.2 Å². The van der Waals surface area contributed by atoms with Crippen LogP contribution in [0, 0.1) is 17.8 Å². The summed E-state index contributed by atoms with van der Waals surface area (Å²) < 4.78 is 13.2. The lowest BCUT2D eigenvalue weighted by atomic mass is 9.65. The summed E-state index contributed by atoms with van der Waals surface area (Å²) in [7, 11) is 0. The maximum atomic E-state index is 15.5. The molecule has 4 aliphatic rings. The number of hydrogen-bond acceptors (Lipinski definition) is 9. The molecule has 6 aromatic rings. The molecule has 3 N–H and O–H groups in total. The molecule has 2 saturated heterocycles. The minimum Gasteiger partial charge on any atom is -0.491 e. The number of aromatic nitrogens is 1. The number of allylic oxidation sites excluding steroid dienone is 2. The van der Waals surface area contributed by atoms with E-state index in [4.69, 9.17) is 14.5 Å². The molecule has 0 saturated carbocycles. The monoisotopic (exact) mass is 826 g/mol. The predicted molar refractivity (Wildman–Crippen MR) is 234 cm³/mol. The fourth-order valence-electron chi connectivity index (χ4n) is 9.79. The maximum Gasteiger partial charge on any atom is 0.324 e. The number of nitrogens with one attached hydrogen (secondary N) is 2. The number of anilines is 2. The smallest absolute Gasteiger partial charge is 0.324 e. The Morgan fingerprint density at radius 2 is 1.64 bits per heavy atom. The standard InChI is InChI=1S/C50H42N4O6S/c55-28-29-59-36-25-23-35(24-26-36)45-50(37-30-32(22-27-38(37)51-48(50)58)21-20-31-12-4-1-5-13-31)41(46(56)53-49-52-39-18-10-11-19-40(39)61-49)43-47(57)60-44(34-16-8-3-9-17-34)42(54(43)45)33-14-6-2-7-15-33/h2-3,6-12,14-19,22-27,30,41-45,55H,1,4-5,13,28-29H2,(H,51,58)(H,52,53,56). The zero-order chi connectivity index (χ0) is 41.5. The average Bonchev–Trinajstić information content (AvgIpc) is 3.95. The van der Waals surface area contributed by atoms with Crippen molar-refractivity contribution < 1.29 is 29.0 Å². The summed E-state index contributed by atoms with van der Waals surface area (Å²) in [5.41, 5.74) is 4.23. The van der Waals surface area contributed by atoms with E-state index in [0.717, 1.165) is 52.6 Å². The summed E-state index contributed by atoms with van der Waals surface area (Å²) in [6.07, 6.45) is 5.53. The topological polar surface area (TPSA) is 130 Å². The van der Waals surface area contributed by atoms with Crippen LogP contribution in [0.2, 0.25) is 0 Å². The van der Waals surface area contributed by atoms with Crippen LogP contribution in [-0.4, -0.2) is 52.0 Å². The molecule has 0 radical (unpaired) electrons. The van der Waals surface area contributed by atoms with Gasteiger partial charge in [-0.25, -0.2) is 4.98 Å². The van der Waals surface area contributed by atoms with E-state index in [0.29, 0.717) is 33.3 Å². The number of aliphatic hydroxyl groups is 1. The summed E-state index contributed by atoms with van der Waals surface area (Å²) in [4.78, 5) is 53.0. The Morgan fingerprint density at radius 1 is 0.885 bits per heavy atom. The molecule has 6 unspecified atom stereocenters. The van der Waals surface area contributed by atoms with Gasteiger partial charge in [-0.1, -0.05) is 114 Å². The van der Waals surface area contributed by atoms with Crippen LogP contribution in [0.3, 0.4) is 0 Å². The molecule has 3 aliphatic heterocycles. The van der Waals surface area contributed by atoms with Gasteiger partial charge in [-0.05, 0) is 96.0 Å². The quantitative estimate of drug-likeness (QED) is 0.103. The molecule has 61 heavy (non-hydrogen) atoms. The molecule has 0 bridgehead atoms. The molecular formula is C50H42N4O6S. The molecule has 2 fully saturated rings. The molecule has 5 aromatic carbocycles. The van der Waals surface area contributed by atoms with Crippen molar-refractivity contribution in [3.63, 3.8) is 0 Å². The van der Waals surface area contributed by atoms with Crippen molar-refractivity contribution >= 4 is 50.2 Å². The number of amides is 2. The minimum absolute atomic E-state index is 0.103. The summed E-state index contributed by atoms with van der Waals surface area (Å²) in [5.74, 6) is 4.40. The number of aliphatic hydroxyl groups excluding tert-OH is 1. The summed E-state index contributed by atoms with van der Waals surface area (Å²) in [5, 5.41) is 16.1. The molecule has 2 amide bonds. The van der Waals surface area contributed by atoms with Gasteiger partial charge in [-0.15, -0.1) is 0 Å². The Kier molecular flexibility index (Phi) is 10.2. The van der Waals surface area contributed by atoms with Gasteiger partial charge >= 0.3 is 5.97 Å². The van der Waals surface area contributed by atoms with Gasteiger partial charge < -0.3 is 25.2 Å². The molecule has 1 aliphatic carbocycles. The second-order valence-corrected chi connectivity index (χ2v) is 16.9. The van der Waals surface area contributed by atoms with Crippen LogP contribution >= 0.6 is 11.3 Å². The number of rotatable bonds is 8. The molecule has 10 nitrogen and oxygen atoms in total. The number of para-hydroxylation sites is 1. The third kappa shape index (κ3) is 6.77.